The highest BCUT2D eigenvalue weighted by Gasteiger charge is 2.19. The molecule has 0 unspecified atom stereocenters. The molecular formula is C24H30N4O3. The lowest BCUT2D eigenvalue weighted by atomic mass is 10.2. The average molecular weight is 423 g/mol. The van der Waals surface area contributed by atoms with Gasteiger partial charge < -0.3 is 20.9 Å². The molecule has 3 amide bonds. The Labute approximate surface area is 183 Å². The lowest BCUT2D eigenvalue weighted by Crippen LogP contribution is -2.27. The molecule has 0 spiro atoms. The number of hydrogen-bond acceptors (Lipinski definition) is 4. The van der Waals surface area contributed by atoms with Crippen molar-refractivity contribution in [1.82, 2.24) is 10.2 Å². The van der Waals surface area contributed by atoms with Gasteiger partial charge in [-0.2, -0.15) is 0 Å². The summed E-state index contributed by atoms with van der Waals surface area (Å²) in [5, 5.41) is 8.73. The van der Waals surface area contributed by atoms with Crippen molar-refractivity contribution in [2.45, 2.75) is 32.6 Å². The Kier molecular flexibility index (Phi) is 8.04. The fraction of sp³-hybridized carbons (Fsp3) is 0.375. The van der Waals surface area contributed by atoms with E-state index in [1.54, 1.807) is 36.4 Å². The van der Waals surface area contributed by atoms with Gasteiger partial charge in [-0.15, -0.1) is 0 Å². The highest BCUT2D eigenvalue weighted by molar-refractivity contribution is 5.97. The van der Waals surface area contributed by atoms with Gasteiger partial charge in [-0.1, -0.05) is 13.3 Å². The normalized spacial score (nSPS) is 13.0. The van der Waals surface area contributed by atoms with E-state index >= 15 is 0 Å². The van der Waals surface area contributed by atoms with Crippen LogP contribution < -0.4 is 16.0 Å². The second kappa shape index (κ2) is 11.2. The predicted molar refractivity (Wildman–Crippen MR) is 122 cm³/mol. The molecule has 2 aromatic carbocycles. The third kappa shape index (κ3) is 6.57. The molecule has 0 bridgehead atoms. The summed E-state index contributed by atoms with van der Waals surface area (Å²) in [4.78, 5) is 38.5. The largest absolute Gasteiger partial charge is 0.376 e. The minimum atomic E-state index is -0.197. The summed E-state index contributed by atoms with van der Waals surface area (Å²) in [5.41, 5.74) is 2.63. The van der Waals surface area contributed by atoms with Gasteiger partial charge in [0.15, 0.2) is 0 Å². The Morgan fingerprint density at radius 2 is 1.48 bits per heavy atom. The lowest BCUT2D eigenvalue weighted by molar-refractivity contribution is -0.114. The molecule has 2 aromatic rings. The summed E-state index contributed by atoms with van der Waals surface area (Å²) >= 11 is 0. The molecule has 3 rings (SSSR count). The van der Waals surface area contributed by atoms with Crippen LogP contribution >= 0.6 is 0 Å². The summed E-state index contributed by atoms with van der Waals surface area (Å²) in [6.45, 7) is 4.47. The average Bonchev–Trinajstić information content (AvgIpc) is 3.33. The number of benzene rings is 2. The molecule has 3 N–H and O–H groups in total. The molecule has 31 heavy (non-hydrogen) atoms. The van der Waals surface area contributed by atoms with E-state index in [4.69, 9.17) is 0 Å². The molecule has 0 aromatic heterocycles. The first-order chi connectivity index (χ1) is 15.1. The van der Waals surface area contributed by atoms with Gasteiger partial charge in [-0.3, -0.25) is 14.4 Å². The summed E-state index contributed by atoms with van der Waals surface area (Å²) in [7, 11) is 0. The topological polar surface area (TPSA) is 90.5 Å². The van der Waals surface area contributed by atoms with E-state index in [0.29, 0.717) is 23.4 Å². The van der Waals surface area contributed by atoms with Crippen LogP contribution in [0.4, 0.5) is 11.4 Å². The van der Waals surface area contributed by atoms with E-state index in [1.165, 1.54) is 0 Å². The first kappa shape index (κ1) is 22.3. The monoisotopic (exact) mass is 422 g/mol. The van der Waals surface area contributed by atoms with E-state index in [-0.39, 0.29) is 24.3 Å². The Morgan fingerprint density at radius 3 is 2.13 bits per heavy atom. The van der Waals surface area contributed by atoms with Crippen LogP contribution in [0.25, 0.3) is 0 Å². The number of carbonyl (C=O) groups excluding carboxylic acids is 3. The first-order valence-corrected chi connectivity index (χ1v) is 10.9. The maximum atomic E-state index is 12.4. The summed E-state index contributed by atoms with van der Waals surface area (Å²) < 4.78 is 0. The Morgan fingerprint density at radius 1 is 0.871 bits per heavy atom. The van der Waals surface area contributed by atoms with Gasteiger partial charge in [0.05, 0.1) is 6.54 Å². The molecule has 164 valence electrons. The molecule has 0 saturated carbocycles. The van der Waals surface area contributed by atoms with Gasteiger partial charge in [0, 0.05) is 42.1 Å². The zero-order valence-corrected chi connectivity index (χ0v) is 17.9. The molecule has 0 aliphatic carbocycles. The van der Waals surface area contributed by atoms with Crippen molar-refractivity contribution in [2.75, 3.05) is 36.8 Å². The minimum absolute atomic E-state index is 0.0595. The number of unbranched alkanes of at least 4 members (excludes halogenated alkanes) is 1. The SMILES string of the molecule is CCCCNC(=O)c1ccc(NC(=O)CNc2ccc(C(=O)N3CCCC3)cc2)cc1. The smallest absolute Gasteiger partial charge is 0.253 e. The van der Waals surface area contributed by atoms with E-state index in [9.17, 15) is 14.4 Å². The van der Waals surface area contributed by atoms with Crippen LogP contribution in [0.5, 0.6) is 0 Å². The summed E-state index contributed by atoms with van der Waals surface area (Å²) in [5.74, 6) is -0.249. The Bertz CT molecular complexity index is 888. The van der Waals surface area contributed by atoms with Crippen LogP contribution in [-0.2, 0) is 4.79 Å². The van der Waals surface area contributed by atoms with Crippen LogP contribution in [0.1, 0.15) is 53.3 Å². The van der Waals surface area contributed by atoms with Gasteiger partial charge in [-0.25, -0.2) is 0 Å². The first-order valence-electron chi connectivity index (χ1n) is 10.9. The van der Waals surface area contributed by atoms with Gasteiger partial charge >= 0.3 is 0 Å². The molecule has 1 heterocycles. The number of hydrogen-bond donors (Lipinski definition) is 3. The van der Waals surface area contributed by atoms with Crippen molar-refractivity contribution < 1.29 is 14.4 Å². The van der Waals surface area contributed by atoms with Crippen molar-refractivity contribution in [2.24, 2.45) is 0 Å². The summed E-state index contributed by atoms with van der Waals surface area (Å²) in [6, 6.07) is 14.0. The van der Waals surface area contributed by atoms with Crippen LogP contribution in [0.3, 0.4) is 0 Å². The molecule has 0 radical (unpaired) electrons. The fourth-order valence-corrected chi connectivity index (χ4v) is 3.41. The van der Waals surface area contributed by atoms with Crippen molar-refractivity contribution >= 4 is 29.1 Å². The molecule has 1 saturated heterocycles. The maximum absolute atomic E-state index is 12.4. The van der Waals surface area contributed by atoms with Crippen molar-refractivity contribution in [3.63, 3.8) is 0 Å². The van der Waals surface area contributed by atoms with Crippen LogP contribution in [0.2, 0.25) is 0 Å². The van der Waals surface area contributed by atoms with Crippen LogP contribution in [0, 0.1) is 0 Å². The quantitative estimate of drug-likeness (QED) is 0.540. The third-order valence-electron chi connectivity index (χ3n) is 5.22. The zero-order valence-electron chi connectivity index (χ0n) is 17.9. The Balaban J connectivity index is 1.44. The number of nitrogens with one attached hydrogen (secondary N) is 3. The molecule has 0 atom stereocenters. The zero-order chi connectivity index (χ0) is 22.1. The van der Waals surface area contributed by atoms with Crippen molar-refractivity contribution in [3.05, 3.63) is 59.7 Å². The molecule has 1 fully saturated rings. The molecule has 7 nitrogen and oxygen atoms in total. The van der Waals surface area contributed by atoms with E-state index in [1.807, 2.05) is 17.0 Å². The number of likely N-dealkylation sites (tertiary alicyclic amines) is 1. The molecule has 1 aliphatic rings. The van der Waals surface area contributed by atoms with Crippen LogP contribution in [-0.4, -0.2) is 48.8 Å². The van der Waals surface area contributed by atoms with E-state index < -0.39 is 0 Å². The number of nitrogens with zero attached hydrogens (tertiary/aromatic N) is 1. The van der Waals surface area contributed by atoms with Crippen LogP contribution in [0.15, 0.2) is 48.5 Å². The van der Waals surface area contributed by atoms with Gasteiger partial charge in [0.1, 0.15) is 0 Å². The minimum Gasteiger partial charge on any atom is -0.376 e. The number of rotatable bonds is 9. The number of carbonyl (C=O) groups is 3. The van der Waals surface area contributed by atoms with E-state index in [2.05, 4.69) is 22.9 Å². The highest BCUT2D eigenvalue weighted by atomic mass is 16.2. The second-order valence-electron chi connectivity index (χ2n) is 7.67. The molecular weight excluding hydrogens is 392 g/mol. The van der Waals surface area contributed by atoms with Crippen molar-refractivity contribution in [3.8, 4) is 0 Å². The van der Waals surface area contributed by atoms with Crippen molar-refractivity contribution in [1.29, 1.82) is 0 Å². The van der Waals surface area contributed by atoms with Gasteiger partial charge in [0.2, 0.25) is 5.91 Å². The molecule has 7 heteroatoms. The van der Waals surface area contributed by atoms with Gasteiger partial charge in [0.25, 0.3) is 11.8 Å². The number of amides is 3. The third-order valence-corrected chi connectivity index (χ3v) is 5.22. The second-order valence-corrected chi connectivity index (χ2v) is 7.67. The lowest BCUT2D eigenvalue weighted by Gasteiger charge is -2.15. The predicted octanol–water partition coefficient (Wildman–Crippen LogP) is 3.50. The molecule has 1 aliphatic heterocycles. The number of anilines is 2. The van der Waals surface area contributed by atoms with E-state index in [0.717, 1.165) is 44.5 Å². The van der Waals surface area contributed by atoms with Gasteiger partial charge in [-0.05, 0) is 67.8 Å². The summed E-state index contributed by atoms with van der Waals surface area (Å²) in [6.07, 6.45) is 4.11. The Hall–Kier alpha value is -3.35. The highest BCUT2D eigenvalue weighted by Crippen LogP contribution is 2.15. The maximum Gasteiger partial charge on any atom is 0.253 e. The fourth-order valence-electron chi connectivity index (χ4n) is 3.41. The standard InChI is InChI=1S/C24H30N4O3/c1-2-3-14-25-23(30)18-6-12-21(13-7-18)27-22(29)17-26-20-10-8-19(9-11-20)24(31)28-15-4-5-16-28/h6-13,26H,2-5,14-17H2,1H3,(H,25,30)(H,27,29).